The minimum atomic E-state index is -1.01. The molecule has 7 nitrogen and oxygen atoms in total. The average Bonchev–Trinajstić information content (AvgIpc) is 3.29. The second-order valence-corrected chi connectivity index (χ2v) is 10.5. The van der Waals surface area contributed by atoms with E-state index >= 15 is 0 Å². The maximum Gasteiger partial charge on any atom is 0.303 e. The molecule has 0 saturated heterocycles. The number of rotatable bonds is 10. The Balaban J connectivity index is 1.36. The van der Waals surface area contributed by atoms with Crippen LogP contribution in [0.5, 0.6) is 0 Å². The zero-order chi connectivity index (χ0) is 28.1. The number of amides is 2. The second kappa shape index (κ2) is 12.1. The predicted molar refractivity (Wildman–Crippen MR) is 161 cm³/mol. The lowest BCUT2D eigenvalue weighted by molar-refractivity contribution is -0.138. The molecule has 8 heteroatoms. The van der Waals surface area contributed by atoms with Gasteiger partial charge in [0, 0.05) is 51.0 Å². The smallest absolute Gasteiger partial charge is 0.303 e. The summed E-state index contributed by atoms with van der Waals surface area (Å²) in [5.41, 5.74) is 4.48. The summed E-state index contributed by atoms with van der Waals surface area (Å²) in [6.45, 7) is 2.98. The van der Waals surface area contributed by atoms with Crippen molar-refractivity contribution < 1.29 is 19.5 Å². The average molecular weight is 552 g/mol. The third-order valence-electron chi connectivity index (χ3n) is 6.65. The third-order valence-corrected chi connectivity index (χ3v) is 7.92. The normalized spacial score (nSPS) is 11.8. The highest BCUT2D eigenvalue weighted by Crippen LogP contribution is 2.37. The number of aliphatic carboxylic acids is 1. The van der Waals surface area contributed by atoms with E-state index < -0.39 is 11.2 Å². The largest absolute Gasteiger partial charge is 0.481 e. The number of aromatic nitrogens is 1. The van der Waals surface area contributed by atoms with Crippen LogP contribution in [0.15, 0.2) is 102 Å². The Morgan fingerprint density at radius 1 is 0.775 bits per heavy atom. The number of carbonyl (C=O) groups is 3. The fraction of sp³-hybridized carbons (Fsp3) is 0.156. The minimum Gasteiger partial charge on any atom is -0.481 e. The fourth-order valence-corrected chi connectivity index (χ4v) is 5.80. The number of hydrogen-bond donors (Lipinski definition) is 3. The quantitative estimate of drug-likeness (QED) is 0.161. The van der Waals surface area contributed by atoms with Crippen molar-refractivity contribution in [2.75, 3.05) is 10.6 Å². The molecule has 1 heterocycles. The predicted octanol–water partition coefficient (Wildman–Crippen LogP) is 7.09. The van der Waals surface area contributed by atoms with Crippen LogP contribution in [-0.4, -0.2) is 27.5 Å². The molecule has 2 amide bonds. The highest BCUT2D eigenvalue weighted by molar-refractivity contribution is 8.00. The van der Waals surface area contributed by atoms with Crippen LogP contribution in [0.1, 0.15) is 30.6 Å². The van der Waals surface area contributed by atoms with Crippen LogP contribution in [0.3, 0.4) is 0 Å². The number of aryl methyl sites for hydroxylation is 1. The zero-order valence-electron chi connectivity index (χ0n) is 22.0. The van der Waals surface area contributed by atoms with E-state index in [0.717, 1.165) is 39.0 Å². The molecule has 0 saturated carbocycles. The van der Waals surface area contributed by atoms with Gasteiger partial charge in [0.05, 0.1) is 6.42 Å². The Bertz CT molecular complexity index is 1680. The number of benzene rings is 4. The number of thioether (sulfide) groups is 1. The van der Waals surface area contributed by atoms with E-state index in [1.807, 2.05) is 66.7 Å². The van der Waals surface area contributed by atoms with Crippen molar-refractivity contribution in [1.82, 2.24) is 4.57 Å². The van der Waals surface area contributed by atoms with E-state index in [4.69, 9.17) is 5.11 Å². The maximum atomic E-state index is 13.7. The van der Waals surface area contributed by atoms with Crippen LogP contribution in [-0.2, 0) is 20.9 Å². The van der Waals surface area contributed by atoms with E-state index in [2.05, 4.69) is 40.3 Å². The molecule has 5 rings (SSSR count). The van der Waals surface area contributed by atoms with Crippen molar-refractivity contribution in [1.29, 1.82) is 0 Å². The monoisotopic (exact) mass is 551 g/mol. The Morgan fingerprint density at radius 2 is 1.45 bits per heavy atom. The molecule has 0 spiro atoms. The Hall–Kier alpha value is -4.56. The van der Waals surface area contributed by atoms with Crippen molar-refractivity contribution in [3.63, 3.8) is 0 Å². The number of para-hydroxylation sites is 1. The van der Waals surface area contributed by atoms with Crippen LogP contribution in [0, 0.1) is 0 Å². The Kier molecular flexibility index (Phi) is 8.17. The van der Waals surface area contributed by atoms with E-state index in [1.54, 1.807) is 12.1 Å². The van der Waals surface area contributed by atoms with Gasteiger partial charge in [-0.1, -0.05) is 48.5 Å². The Labute approximate surface area is 236 Å². The van der Waals surface area contributed by atoms with Crippen LogP contribution in [0.25, 0.3) is 21.8 Å². The molecule has 3 N–H and O–H groups in total. The molecule has 4 aromatic carbocycles. The topological polar surface area (TPSA) is 100 Å². The van der Waals surface area contributed by atoms with Gasteiger partial charge in [-0.05, 0) is 61.0 Å². The number of carboxylic acid groups (broad SMARTS) is 1. The zero-order valence-corrected chi connectivity index (χ0v) is 22.8. The number of carboxylic acids is 1. The SMILES string of the molecule is CCn1c2ccccc2c2cc(NC(=O)C(Sc3ccc(NC(=O)CCC(=O)O)cc3)c3ccccc3)ccc21. The van der Waals surface area contributed by atoms with E-state index in [-0.39, 0.29) is 24.7 Å². The van der Waals surface area contributed by atoms with Crippen molar-refractivity contribution in [2.45, 2.75) is 36.5 Å². The van der Waals surface area contributed by atoms with Crippen LogP contribution in [0.2, 0.25) is 0 Å². The first-order valence-electron chi connectivity index (χ1n) is 13.1. The van der Waals surface area contributed by atoms with Crippen molar-refractivity contribution >= 4 is 62.7 Å². The molecule has 0 aliphatic rings. The second-order valence-electron chi connectivity index (χ2n) is 9.36. The summed E-state index contributed by atoms with van der Waals surface area (Å²) >= 11 is 1.42. The summed E-state index contributed by atoms with van der Waals surface area (Å²) in [6.07, 6.45) is -0.311. The summed E-state index contributed by atoms with van der Waals surface area (Å²) in [5.74, 6) is -1.51. The number of fused-ring (bicyclic) bond motifs is 3. The molecule has 0 fully saturated rings. The number of hydrogen-bond acceptors (Lipinski definition) is 4. The highest BCUT2D eigenvalue weighted by atomic mass is 32.2. The van der Waals surface area contributed by atoms with E-state index in [0.29, 0.717) is 5.69 Å². The number of nitrogens with one attached hydrogen (secondary N) is 2. The van der Waals surface area contributed by atoms with Gasteiger partial charge in [0.1, 0.15) is 5.25 Å². The Morgan fingerprint density at radius 3 is 2.17 bits per heavy atom. The molecule has 202 valence electrons. The summed E-state index contributed by atoms with van der Waals surface area (Å²) in [4.78, 5) is 37.2. The molecule has 1 unspecified atom stereocenters. The first-order valence-corrected chi connectivity index (χ1v) is 14.0. The molecule has 0 aliphatic heterocycles. The van der Waals surface area contributed by atoms with Crippen LogP contribution < -0.4 is 10.6 Å². The van der Waals surface area contributed by atoms with E-state index in [1.165, 1.54) is 17.3 Å². The van der Waals surface area contributed by atoms with Crippen molar-refractivity contribution in [2.24, 2.45) is 0 Å². The van der Waals surface area contributed by atoms with Crippen molar-refractivity contribution in [3.05, 3.63) is 103 Å². The van der Waals surface area contributed by atoms with Crippen LogP contribution >= 0.6 is 11.8 Å². The lowest BCUT2D eigenvalue weighted by Crippen LogP contribution is -2.19. The van der Waals surface area contributed by atoms with Gasteiger partial charge in [0.15, 0.2) is 0 Å². The summed E-state index contributed by atoms with van der Waals surface area (Å²) in [5, 5.41) is 16.3. The van der Waals surface area contributed by atoms with E-state index in [9.17, 15) is 14.4 Å². The summed E-state index contributed by atoms with van der Waals surface area (Å²) in [7, 11) is 0. The first-order chi connectivity index (χ1) is 19.4. The lowest BCUT2D eigenvalue weighted by atomic mass is 10.1. The first kappa shape index (κ1) is 27.0. The van der Waals surface area contributed by atoms with Gasteiger partial charge in [-0.3, -0.25) is 14.4 Å². The minimum absolute atomic E-state index is 0.0904. The van der Waals surface area contributed by atoms with Gasteiger partial charge >= 0.3 is 5.97 Å². The lowest BCUT2D eigenvalue weighted by Gasteiger charge is -2.17. The van der Waals surface area contributed by atoms with Gasteiger partial charge in [-0.2, -0.15) is 0 Å². The van der Waals surface area contributed by atoms with Gasteiger partial charge in [0.25, 0.3) is 0 Å². The molecule has 5 aromatic rings. The van der Waals surface area contributed by atoms with Gasteiger partial charge < -0.3 is 20.3 Å². The molecule has 1 atom stereocenters. The van der Waals surface area contributed by atoms with Gasteiger partial charge in [-0.15, -0.1) is 11.8 Å². The fourth-order valence-electron chi connectivity index (χ4n) is 4.78. The number of nitrogens with zero attached hydrogens (tertiary/aromatic N) is 1. The molecule has 0 bridgehead atoms. The maximum absolute atomic E-state index is 13.7. The molecular formula is C32H29N3O4S. The summed E-state index contributed by atoms with van der Waals surface area (Å²) < 4.78 is 2.27. The molecular weight excluding hydrogens is 522 g/mol. The molecule has 1 aromatic heterocycles. The van der Waals surface area contributed by atoms with Crippen molar-refractivity contribution in [3.8, 4) is 0 Å². The standard InChI is InChI=1S/C32H29N3O4S/c1-2-35-27-11-7-6-10-25(27)26-20-23(14-17-28(26)35)34-32(39)31(21-8-4-3-5-9-21)40-24-15-12-22(13-16-24)33-29(36)18-19-30(37)38/h3-17,20,31H,2,18-19H2,1H3,(H,33,36)(H,34,39)(H,37,38). The highest BCUT2D eigenvalue weighted by Gasteiger charge is 2.23. The van der Waals surface area contributed by atoms with Crippen LogP contribution in [0.4, 0.5) is 11.4 Å². The molecule has 0 radical (unpaired) electrons. The van der Waals surface area contributed by atoms with Gasteiger partial charge in [-0.25, -0.2) is 0 Å². The molecule has 40 heavy (non-hydrogen) atoms. The summed E-state index contributed by atoms with van der Waals surface area (Å²) in [6, 6.07) is 31.1. The third kappa shape index (κ3) is 6.02. The molecule has 0 aliphatic carbocycles. The number of carbonyl (C=O) groups excluding carboxylic acids is 2. The van der Waals surface area contributed by atoms with Gasteiger partial charge in [0.2, 0.25) is 11.8 Å². The number of anilines is 2.